The Balaban J connectivity index is 1.65. The van der Waals surface area contributed by atoms with E-state index in [1.54, 1.807) is 66.7 Å². The van der Waals surface area contributed by atoms with E-state index in [2.05, 4.69) is 31.9 Å². The Labute approximate surface area is 240 Å². The van der Waals surface area contributed by atoms with Crippen LogP contribution in [-0.4, -0.2) is 33.7 Å². The predicted molar refractivity (Wildman–Crippen MR) is 151 cm³/mol. The van der Waals surface area contributed by atoms with Gasteiger partial charge in [-0.2, -0.15) is 0 Å². The van der Waals surface area contributed by atoms with Crippen molar-refractivity contribution in [2.75, 3.05) is 11.4 Å². The number of hydrogen-bond donors (Lipinski definition) is 3. The number of carboxylic acids is 1. The highest BCUT2D eigenvalue weighted by molar-refractivity contribution is 9.11. The third kappa shape index (κ3) is 6.36. The first kappa shape index (κ1) is 27.7. The molecule has 0 aliphatic heterocycles. The van der Waals surface area contributed by atoms with Gasteiger partial charge in [0.25, 0.3) is 5.91 Å². The van der Waals surface area contributed by atoms with E-state index in [9.17, 15) is 24.9 Å². The number of aromatic hydroxyl groups is 1. The number of ether oxygens (including phenoxy) is 1. The Bertz CT molecular complexity index is 1480. The number of carbonyl (C=O) groups is 2. The van der Waals surface area contributed by atoms with Gasteiger partial charge in [0.05, 0.1) is 8.95 Å². The number of hydrogen-bond acceptors (Lipinski definition) is 5. The van der Waals surface area contributed by atoms with Crippen molar-refractivity contribution in [2.45, 2.75) is 6.10 Å². The third-order valence-corrected chi connectivity index (χ3v) is 6.95. The summed E-state index contributed by atoms with van der Waals surface area (Å²) in [5, 5.41) is 31.1. The molecule has 0 radical (unpaired) electrons. The molecule has 0 aliphatic rings. The summed E-state index contributed by atoms with van der Waals surface area (Å²) in [7, 11) is 0. The molecule has 0 saturated heterocycles. The summed E-state index contributed by atoms with van der Waals surface area (Å²) in [6, 6.07) is 22.6. The molecule has 0 aromatic heterocycles. The molecule has 0 saturated carbocycles. The fourth-order valence-electron chi connectivity index (χ4n) is 3.74. The summed E-state index contributed by atoms with van der Waals surface area (Å²) in [4.78, 5) is 25.8. The first-order valence-electron chi connectivity index (χ1n) is 11.2. The maximum atomic E-state index is 13.1. The Kier molecular flexibility index (Phi) is 8.73. The van der Waals surface area contributed by atoms with Crippen molar-refractivity contribution in [3.05, 3.63) is 116 Å². The highest BCUT2D eigenvalue weighted by Gasteiger charge is 2.23. The molecule has 0 heterocycles. The van der Waals surface area contributed by atoms with E-state index < -0.39 is 24.5 Å². The summed E-state index contributed by atoms with van der Waals surface area (Å²) in [5.74, 6) is -1.11. The SMILES string of the molecule is O=C(O)CN(C(=O)c1ccccc1)c1cc(Br)c(Oc2ccc(O)c(C(O)c3cccc(Cl)c3)c2)c(Br)c1. The molecule has 4 rings (SSSR count). The number of nitrogens with zero attached hydrogens (tertiary/aromatic N) is 1. The van der Waals surface area contributed by atoms with Crippen LogP contribution in [-0.2, 0) is 4.79 Å². The van der Waals surface area contributed by atoms with Gasteiger partial charge < -0.3 is 20.1 Å². The minimum absolute atomic E-state index is 0.123. The van der Waals surface area contributed by atoms with Crippen LogP contribution in [0.2, 0.25) is 5.02 Å². The van der Waals surface area contributed by atoms with Gasteiger partial charge >= 0.3 is 5.97 Å². The monoisotopic (exact) mass is 659 g/mol. The van der Waals surface area contributed by atoms with Crippen LogP contribution in [0.5, 0.6) is 17.2 Å². The van der Waals surface area contributed by atoms with Gasteiger partial charge in [0.15, 0.2) is 5.75 Å². The quantitative estimate of drug-likeness (QED) is 0.185. The molecule has 38 heavy (non-hydrogen) atoms. The summed E-state index contributed by atoms with van der Waals surface area (Å²) in [5.41, 5.74) is 1.39. The van der Waals surface area contributed by atoms with Gasteiger partial charge in [0.1, 0.15) is 24.1 Å². The van der Waals surface area contributed by atoms with Gasteiger partial charge in [-0.25, -0.2) is 0 Å². The minimum atomic E-state index is -1.17. The summed E-state index contributed by atoms with van der Waals surface area (Å²) < 4.78 is 6.91. The lowest BCUT2D eigenvalue weighted by Gasteiger charge is -2.23. The van der Waals surface area contributed by atoms with Crippen molar-refractivity contribution in [2.24, 2.45) is 0 Å². The summed E-state index contributed by atoms with van der Waals surface area (Å²) >= 11 is 12.9. The number of aliphatic hydroxyl groups excluding tert-OH is 1. The number of aliphatic carboxylic acids is 1. The van der Waals surface area contributed by atoms with Crippen molar-refractivity contribution in [3.63, 3.8) is 0 Å². The minimum Gasteiger partial charge on any atom is -0.508 e. The zero-order chi connectivity index (χ0) is 27.4. The number of benzene rings is 4. The van der Waals surface area contributed by atoms with Crippen LogP contribution in [0.25, 0.3) is 0 Å². The van der Waals surface area contributed by atoms with E-state index in [1.807, 2.05) is 0 Å². The normalized spacial score (nSPS) is 11.6. The number of anilines is 1. The molecular formula is C28H20Br2ClNO6. The van der Waals surface area contributed by atoms with Crippen LogP contribution < -0.4 is 9.64 Å². The zero-order valence-corrected chi connectivity index (χ0v) is 23.4. The van der Waals surface area contributed by atoms with Gasteiger partial charge in [-0.05, 0) is 92.0 Å². The Hall–Kier alpha value is -3.37. The molecule has 7 nitrogen and oxygen atoms in total. The number of aliphatic hydroxyl groups is 1. The molecule has 1 atom stereocenters. The van der Waals surface area contributed by atoms with Gasteiger partial charge in [-0.3, -0.25) is 14.5 Å². The van der Waals surface area contributed by atoms with Crippen molar-refractivity contribution in [1.82, 2.24) is 0 Å². The van der Waals surface area contributed by atoms with Crippen LogP contribution in [0.4, 0.5) is 5.69 Å². The Morgan fingerprint density at radius 2 is 1.61 bits per heavy atom. The van der Waals surface area contributed by atoms with Crippen molar-refractivity contribution < 1.29 is 29.6 Å². The molecule has 0 fully saturated rings. The topological polar surface area (TPSA) is 107 Å². The molecular weight excluding hydrogens is 642 g/mol. The Morgan fingerprint density at radius 3 is 2.24 bits per heavy atom. The lowest BCUT2D eigenvalue weighted by Crippen LogP contribution is -2.35. The first-order valence-corrected chi connectivity index (χ1v) is 13.1. The lowest BCUT2D eigenvalue weighted by atomic mass is 10.0. The van der Waals surface area contributed by atoms with Crippen LogP contribution in [0, 0.1) is 0 Å². The number of halogens is 3. The number of phenolic OH excluding ortho intramolecular Hbond substituents is 1. The van der Waals surface area contributed by atoms with E-state index in [0.717, 1.165) is 4.90 Å². The summed E-state index contributed by atoms with van der Waals surface area (Å²) in [6.07, 6.45) is -1.15. The second-order valence-corrected chi connectivity index (χ2v) is 10.3. The molecule has 0 bridgehead atoms. The second-order valence-electron chi connectivity index (χ2n) is 8.17. The number of phenols is 1. The lowest BCUT2D eigenvalue weighted by molar-refractivity contribution is -0.135. The Morgan fingerprint density at radius 1 is 0.921 bits per heavy atom. The molecule has 1 amide bonds. The molecule has 10 heteroatoms. The van der Waals surface area contributed by atoms with E-state index in [1.165, 1.54) is 18.2 Å². The largest absolute Gasteiger partial charge is 0.508 e. The molecule has 194 valence electrons. The van der Waals surface area contributed by atoms with Crippen molar-refractivity contribution in [1.29, 1.82) is 0 Å². The van der Waals surface area contributed by atoms with E-state index in [4.69, 9.17) is 16.3 Å². The fourth-order valence-corrected chi connectivity index (χ4v) is 5.26. The van der Waals surface area contributed by atoms with E-state index >= 15 is 0 Å². The molecule has 0 aliphatic carbocycles. The fraction of sp³-hybridized carbons (Fsp3) is 0.0714. The van der Waals surface area contributed by atoms with Gasteiger partial charge in [0, 0.05) is 21.8 Å². The molecule has 4 aromatic rings. The van der Waals surface area contributed by atoms with Crippen LogP contribution in [0.1, 0.15) is 27.6 Å². The third-order valence-electron chi connectivity index (χ3n) is 5.53. The molecule has 1 unspecified atom stereocenters. The van der Waals surface area contributed by atoms with Crippen molar-refractivity contribution in [3.8, 4) is 17.2 Å². The van der Waals surface area contributed by atoms with Crippen LogP contribution >= 0.6 is 43.5 Å². The van der Waals surface area contributed by atoms with E-state index in [-0.39, 0.29) is 11.3 Å². The maximum absolute atomic E-state index is 13.1. The van der Waals surface area contributed by atoms with Gasteiger partial charge in [-0.1, -0.05) is 41.9 Å². The number of amides is 1. The highest BCUT2D eigenvalue weighted by atomic mass is 79.9. The zero-order valence-electron chi connectivity index (χ0n) is 19.5. The molecule has 4 aromatic carbocycles. The standard InChI is InChI=1S/C28H20Br2ClNO6/c29-22-12-19(32(15-25(34)35)28(37)16-5-2-1-3-6-16)13-23(30)27(22)38-20-9-10-24(33)21(14-20)26(36)17-7-4-8-18(31)11-17/h1-14,26,33,36H,15H2,(H,34,35). The van der Waals surface area contributed by atoms with Crippen LogP contribution in [0.3, 0.4) is 0 Å². The number of carbonyl (C=O) groups excluding carboxylic acids is 1. The second kappa shape index (κ2) is 12.0. The van der Waals surface area contributed by atoms with Crippen molar-refractivity contribution >= 4 is 61.0 Å². The number of carboxylic acid groups (broad SMARTS) is 1. The average molecular weight is 662 g/mol. The smallest absolute Gasteiger partial charge is 0.323 e. The molecule has 0 spiro atoms. The predicted octanol–water partition coefficient (Wildman–Crippen LogP) is 7.18. The summed E-state index contributed by atoms with van der Waals surface area (Å²) in [6.45, 7) is -0.546. The van der Waals surface area contributed by atoms with Crippen LogP contribution in [0.15, 0.2) is 93.9 Å². The maximum Gasteiger partial charge on any atom is 0.323 e. The van der Waals surface area contributed by atoms with Gasteiger partial charge in [0.2, 0.25) is 0 Å². The van der Waals surface area contributed by atoms with Gasteiger partial charge in [-0.15, -0.1) is 0 Å². The molecule has 3 N–H and O–H groups in total. The van der Waals surface area contributed by atoms with E-state index in [0.29, 0.717) is 42.3 Å². The number of rotatable bonds is 8. The highest BCUT2D eigenvalue weighted by Crippen LogP contribution is 2.42. The average Bonchev–Trinajstić information content (AvgIpc) is 2.89. The first-order chi connectivity index (χ1) is 18.1.